The van der Waals surface area contributed by atoms with Gasteiger partial charge in [-0.2, -0.15) is 0 Å². The summed E-state index contributed by atoms with van der Waals surface area (Å²) in [4.78, 5) is 23.8. The van der Waals surface area contributed by atoms with Crippen molar-refractivity contribution in [1.82, 2.24) is 25.3 Å². The molecule has 0 aromatic heterocycles. The van der Waals surface area contributed by atoms with Crippen LogP contribution in [0.25, 0.3) is 0 Å². The number of rotatable bonds is 7. The lowest BCUT2D eigenvalue weighted by atomic mass is 9.93. The van der Waals surface area contributed by atoms with Crippen LogP contribution in [-0.2, 0) is 4.79 Å². The van der Waals surface area contributed by atoms with Gasteiger partial charge in [-0.15, -0.1) is 0 Å². The molecule has 0 radical (unpaired) electrons. The molecule has 0 spiro atoms. The maximum Gasteiger partial charge on any atom is 0.220 e. The van der Waals surface area contributed by atoms with Crippen LogP contribution in [-0.4, -0.2) is 99.6 Å². The third kappa shape index (κ3) is 8.05. The molecule has 27 heavy (non-hydrogen) atoms. The van der Waals surface area contributed by atoms with Gasteiger partial charge in [0.2, 0.25) is 5.91 Å². The summed E-state index contributed by atoms with van der Waals surface area (Å²) in [5.41, 5.74) is 0. The Hall–Kier alpha value is -1.34. The first-order valence-corrected chi connectivity index (χ1v) is 10.8. The number of carbonyl (C=O) groups excluding carboxylic acids is 1. The van der Waals surface area contributed by atoms with E-state index in [0.29, 0.717) is 12.3 Å². The van der Waals surface area contributed by atoms with Crippen molar-refractivity contribution < 1.29 is 4.79 Å². The number of likely N-dealkylation sites (N-methyl/N-ethyl adjacent to an activating group) is 1. The van der Waals surface area contributed by atoms with Crippen molar-refractivity contribution in [2.45, 2.75) is 39.0 Å². The number of aliphatic imine (C=N–C) groups is 1. The SMILES string of the molecule is CCNC(=NCCCN1CCCN(C)CC1)N1CCC(CC(=O)NC)CC1. The molecule has 2 fully saturated rings. The maximum atomic E-state index is 11.6. The average Bonchev–Trinajstić information content (AvgIpc) is 2.89. The zero-order valence-corrected chi connectivity index (χ0v) is 17.7. The zero-order chi connectivity index (χ0) is 19.5. The molecule has 0 bridgehead atoms. The summed E-state index contributed by atoms with van der Waals surface area (Å²) in [5.74, 6) is 1.71. The van der Waals surface area contributed by atoms with Crippen LogP contribution in [0.15, 0.2) is 4.99 Å². The predicted octanol–water partition coefficient (Wildman–Crippen LogP) is 0.828. The van der Waals surface area contributed by atoms with Crippen LogP contribution in [0.1, 0.15) is 39.0 Å². The molecule has 156 valence electrons. The molecule has 0 saturated carbocycles. The van der Waals surface area contributed by atoms with Crippen LogP contribution >= 0.6 is 0 Å². The molecule has 7 heteroatoms. The lowest BCUT2D eigenvalue weighted by molar-refractivity contribution is -0.121. The van der Waals surface area contributed by atoms with Gasteiger partial charge in [0.25, 0.3) is 0 Å². The molecule has 0 aromatic rings. The summed E-state index contributed by atoms with van der Waals surface area (Å²) in [7, 11) is 3.94. The largest absolute Gasteiger partial charge is 0.359 e. The number of piperidine rings is 1. The van der Waals surface area contributed by atoms with Crippen molar-refractivity contribution in [2.24, 2.45) is 10.9 Å². The maximum absolute atomic E-state index is 11.6. The molecule has 2 aliphatic heterocycles. The van der Waals surface area contributed by atoms with Gasteiger partial charge in [-0.25, -0.2) is 0 Å². The van der Waals surface area contributed by atoms with Crippen molar-refractivity contribution in [3.8, 4) is 0 Å². The number of guanidine groups is 1. The van der Waals surface area contributed by atoms with Gasteiger partial charge in [-0.1, -0.05) is 0 Å². The standard InChI is InChI=1S/C20H40N6O/c1-4-22-20(26-13-7-18(8-14-26)17-19(27)21-2)23-9-5-11-25-12-6-10-24(3)15-16-25/h18H,4-17H2,1-3H3,(H,21,27)(H,22,23). The fourth-order valence-corrected chi connectivity index (χ4v) is 3.94. The Morgan fingerprint density at radius 2 is 1.89 bits per heavy atom. The topological polar surface area (TPSA) is 63.2 Å². The second-order valence-electron chi connectivity index (χ2n) is 7.90. The summed E-state index contributed by atoms with van der Waals surface area (Å²) in [6.07, 6.45) is 5.18. The molecule has 2 N–H and O–H groups in total. The minimum absolute atomic E-state index is 0.161. The molecule has 2 rings (SSSR count). The fourth-order valence-electron chi connectivity index (χ4n) is 3.94. The molecule has 1 amide bonds. The lowest BCUT2D eigenvalue weighted by Crippen LogP contribution is -2.46. The second kappa shape index (κ2) is 12.2. The van der Waals surface area contributed by atoms with Crippen LogP contribution < -0.4 is 10.6 Å². The molecule has 2 heterocycles. The smallest absolute Gasteiger partial charge is 0.220 e. The first kappa shape index (κ1) is 22.0. The first-order chi connectivity index (χ1) is 13.1. The summed E-state index contributed by atoms with van der Waals surface area (Å²) in [5, 5.41) is 6.19. The van der Waals surface area contributed by atoms with Gasteiger partial charge in [0.1, 0.15) is 0 Å². The molecule has 0 unspecified atom stereocenters. The van der Waals surface area contributed by atoms with Gasteiger partial charge in [-0.3, -0.25) is 9.79 Å². The second-order valence-corrected chi connectivity index (χ2v) is 7.90. The van der Waals surface area contributed by atoms with Crippen molar-refractivity contribution >= 4 is 11.9 Å². The number of likely N-dealkylation sites (tertiary alicyclic amines) is 1. The van der Waals surface area contributed by atoms with E-state index < -0.39 is 0 Å². The number of hydrogen-bond donors (Lipinski definition) is 2. The third-order valence-electron chi connectivity index (χ3n) is 5.71. The summed E-state index contributed by atoms with van der Waals surface area (Å²) < 4.78 is 0. The Morgan fingerprint density at radius 3 is 2.59 bits per heavy atom. The summed E-state index contributed by atoms with van der Waals surface area (Å²) in [6, 6.07) is 0. The minimum Gasteiger partial charge on any atom is -0.359 e. The Balaban J connectivity index is 1.73. The molecule has 0 atom stereocenters. The zero-order valence-electron chi connectivity index (χ0n) is 17.7. The Labute approximate surface area is 165 Å². The lowest BCUT2D eigenvalue weighted by Gasteiger charge is -2.34. The Kier molecular flexibility index (Phi) is 9.91. The van der Waals surface area contributed by atoms with Gasteiger partial charge in [-0.05, 0) is 65.2 Å². The van der Waals surface area contributed by atoms with Gasteiger partial charge >= 0.3 is 0 Å². The molecule has 2 aliphatic rings. The minimum atomic E-state index is 0.161. The van der Waals surface area contributed by atoms with Crippen LogP contribution in [0.2, 0.25) is 0 Å². The molecule has 7 nitrogen and oxygen atoms in total. The highest BCUT2D eigenvalue weighted by molar-refractivity contribution is 5.80. The van der Waals surface area contributed by atoms with E-state index in [1.54, 1.807) is 7.05 Å². The third-order valence-corrected chi connectivity index (χ3v) is 5.71. The van der Waals surface area contributed by atoms with Crippen molar-refractivity contribution in [1.29, 1.82) is 0 Å². The fraction of sp³-hybridized carbons (Fsp3) is 0.900. The normalized spacial score (nSPS) is 21.1. The van der Waals surface area contributed by atoms with E-state index in [9.17, 15) is 4.79 Å². The highest BCUT2D eigenvalue weighted by Gasteiger charge is 2.23. The first-order valence-electron chi connectivity index (χ1n) is 10.8. The Morgan fingerprint density at radius 1 is 1.11 bits per heavy atom. The molecular weight excluding hydrogens is 340 g/mol. The van der Waals surface area contributed by atoms with E-state index in [2.05, 4.69) is 39.3 Å². The quantitative estimate of drug-likeness (QED) is 0.389. The van der Waals surface area contributed by atoms with Gasteiger partial charge < -0.3 is 25.3 Å². The number of amides is 1. The molecule has 0 aromatic carbocycles. The van der Waals surface area contributed by atoms with Crippen LogP contribution in [0.3, 0.4) is 0 Å². The van der Waals surface area contributed by atoms with E-state index in [1.165, 1.54) is 32.6 Å². The van der Waals surface area contributed by atoms with E-state index in [4.69, 9.17) is 4.99 Å². The van der Waals surface area contributed by atoms with Gasteiger partial charge in [0, 0.05) is 52.7 Å². The van der Waals surface area contributed by atoms with E-state index in [-0.39, 0.29) is 5.91 Å². The monoisotopic (exact) mass is 380 g/mol. The summed E-state index contributed by atoms with van der Waals surface area (Å²) >= 11 is 0. The molecular formula is C20H40N6O. The summed E-state index contributed by atoms with van der Waals surface area (Å²) in [6.45, 7) is 11.8. The van der Waals surface area contributed by atoms with E-state index >= 15 is 0 Å². The van der Waals surface area contributed by atoms with Crippen LogP contribution in [0, 0.1) is 5.92 Å². The number of hydrogen-bond acceptors (Lipinski definition) is 4. The Bertz CT molecular complexity index is 461. The van der Waals surface area contributed by atoms with Crippen molar-refractivity contribution in [3.05, 3.63) is 0 Å². The van der Waals surface area contributed by atoms with Crippen molar-refractivity contribution in [2.75, 3.05) is 73.0 Å². The number of nitrogens with zero attached hydrogens (tertiary/aromatic N) is 4. The molecule has 0 aliphatic carbocycles. The highest BCUT2D eigenvalue weighted by atomic mass is 16.1. The molecule has 2 saturated heterocycles. The van der Waals surface area contributed by atoms with Gasteiger partial charge in [0.15, 0.2) is 5.96 Å². The predicted molar refractivity (Wildman–Crippen MR) is 112 cm³/mol. The number of nitrogens with one attached hydrogen (secondary N) is 2. The van der Waals surface area contributed by atoms with Gasteiger partial charge in [0.05, 0.1) is 0 Å². The number of carbonyl (C=O) groups is 1. The average molecular weight is 381 g/mol. The van der Waals surface area contributed by atoms with E-state index in [0.717, 1.165) is 57.9 Å². The van der Waals surface area contributed by atoms with Crippen LogP contribution in [0.5, 0.6) is 0 Å². The van der Waals surface area contributed by atoms with Crippen molar-refractivity contribution in [3.63, 3.8) is 0 Å². The van der Waals surface area contributed by atoms with E-state index in [1.807, 2.05) is 0 Å². The van der Waals surface area contributed by atoms with Crippen LogP contribution in [0.4, 0.5) is 0 Å². The highest BCUT2D eigenvalue weighted by Crippen LogP contribution is 2.20.